The highest BCUT2D eigenvalue weighted by atomic mass is 16.5. The van der Waals surface area contributed by atoms with Crippen molar-refractivity contribution in [2.75, 3.05) is 27.4 Å². The van der Waals surface area contributed by atoms with Gasteiger partial charge in [-0.2, -0.15) is 0 Å². The third-order valence-corrected chi connectivity index (χ3v) is 4.75. The Labute approximate surface area is 162 Å². The number of rotatable bonds is 11. The molecule has 0 unspecified atom stereocenters. The van der Waals surface area contributed by atoms with Gasteiger partial charge >= 0.3 is 0 Å². The van der Waals surface area contributed by atoms with E-state index in [1.165, 1.54) is 0 Å². The summed E-state index contributed by atoms with van der Waals surface area (Å²) in [6.45, 7) is 5.21. The summed E-state index contributed by atoms with van der Waals surface area (Å²) in [5.41, 5.74) is 2.03. The second-order valence-corrected chi connectivity index (χ2v) is 6.77. The molecule has 0 amide bonds. The van der Waals surface area contributed by atoms with E-state index in [1.54, 1.807) is 14.2 Å². The van der Waals surface area contributed by atoms with Gasteiger partial charge in [0.15, 0.2) is 0 Å². The molecule has 0 saturated carbocycles. The van der Waals surface area contributed by atoms with E-state index in [1.807, 2.05) is 48.5 Å². The van der Waals surface area contributed by atoms with Gasteiger partial charge in [-0.1, -0.05) is 31.2 Å². The molecule has 0 spiro atoms. The van der Waals surface area contributed by atoms with Crippen molar-refractivity contribution in [1.29, 1.82) is 0 Å². The zero-order valence-electron chi connectivity index (χ0n) is 16.7. The van der Waals surface area contributed by atoms with Gasteiger partial charge in [0.2, 0.25) is 0 Å². The van der Waals surface area contributed by atoms with Gasteiger partial charge in [0.25, 0.3) is 0 Å². The lowest BCUT2D eigenvalue weighted by Crippen LogP contribution is -2.91. The van der Waals surface area contributed by atoms with Crippen LogP contribution in [-0.2, 0) is 4.74 Å². The normalized spacial score (nSPS) is 13.4. The molecule has 2 atom stereocenters. The van der Waals surface area contributed by atoms with Gasteiger partial charge in [-0.25, -0.2) is 0 Å². The Morgan fingerprint density at radius 3 is 1.78 bits per heavy atom. The molecule has 5 nitrogen and oxygen atoms in total. The number of hydrogen-bond acceptors (Lipinski definition) is 4. The average Bonchev–Trinajstić information content (AvgIpc) is 2.73. The molecule has 0 aliphatic rings. The van der Waals surface area contributed by atoms with Crippen LogP contribution in [0.4, 0.5) is 0 Å². The lowest BCUT2D eigenvalue weighted by Gasteiger charge is -2.21. The molecule has 27 heavy (non-hydrogen) atoms. The third-order valence-electron chi connectivity index (χ3n) is 4.75. The summed E-state index contributed by atoms with van der Waals surface area (Å²) in [5, 5.41) is 12.5. The van der Waals surface area contributed by atoms with Gasteiger partial charge in [-0.15, -0.1) is 0 Å². The Morgan fingerprint density at radius 1 is 0.889 bits per heavy atom. The summed E-state index contributed by atoms with van der Waals surface area (Å²) in [4.78, 5) is 0. The molecule has 0 aliphatic heterocycles. The van der Waals surface area contributed by atoms with Gasteiger partial charge in [0.05, 0.1) is 26.9 Å². The number of methoxy groups -OCH3 is 2. The predicted molar refractivity (Wildman–Crippen MR) is 106 cm³/mol. The molecule has 0 aliphatic carbocycles. The summed E-state index contributed by atoms with van der Waals surface area (Å²) in [7, 11) is 3.30. The van der Waals surface area contributed by atoms with Gasteiger partial charge in [-0.05, 0) is 48.7 Å². The van der Waals surface area contributed by atoms with Gasteiger partial charge in [0, 0.05) is 0 Å². The summed E-state index contributed by atoms with van der Waals surface area (Å²) in [6.07, 6.45) is 0.298. The van der Waals surface area contributed by atoms with Crippen molar-refractivity contribution in [2.45, 2.75) is 38.5 Å². The van der Waals surface area contributed by atoms with Crippen LogP contribution in [0.15, 0.2) is 48.5 Å². The molecule has 2 aromatic rings. The Bertz CT molecular complexity index is 610. The summed E-state index contributed by atoms with van der Waals surface area (Å²) < 4.78 is 16.6. The summed E-state index contributed by atoms with van der Waals surface area (Å²) in [5.74, 6) is 1.60. The van der Waals surface area contributed by atoms with Gasteiger partial charge < -0.3 is 24.6 Å². The topological polar surface area (TPSA) is 64.5 Å². The van der Waals surface area contributed by atoms with E-state index in [9.17, 15) is 5.11 Å². The smallest absolute Gasteiger partial charge is 0.126 e. The lowest BCUT2D eigenvalue weighted by molar-refractivity contribution is -0.692. The van der Waals surface area contributed by atoms with Gasteiger partial charge in [0.1, 0.15) is 30.3 Å². The largest absolute Gasteiger partial charge is 0.497 e. The average molecular weight is 375 g/mol. The van der Waals surface area contributed by atoms with Crippen LogP contribution in [0.3, 0.4) is 0 Å². The van der Waals surface area contributed by atoms with Crippen LogP contribution in [0, 0.1) is 0 Å². The number of hydrogen-bond donors (Lipinski definition) is 2. The summed E-state index contributed by atoms with van der Waals surface area (Å²) in [6, 6.07) is 16.1. The maximum absolute atomic E-state index is 10.3. The number of quaternary nitrogens is 1. The molecule has 0 fully saturated rings. The van der Waals surface area contributed by atoms with Crippen LogP contribution < -0.4 is 14.8 Å². The number of nitrogens with two attached hydrogens (primary N) is 1. The van der Waals surface area contributed by atoms with Gasteiger partial charge in [-0.3, -0.25) is 0 Å². The van der Waals surface area contributed by atoms with Crippen LogP contribution in [0.25, 0.3) is 0 Å². The molecule has 0 aromatic heterocycles. The molecular formula is C22H32NO4+. The molecule has 0 saturated heterocycles. The first-order valence-electron chi connectivity index (χ1n) is 9.48. The van der Waals surface area contributed by atoms with Crippen LogP contribution in [0.5, 0.6) is 11.5 Å². The monoisotopic (exact) mass is 374 g/mol. The van der Waals surface area contributed by atoms with Crippen molar-refractivity contribution >= 4 is 0 Å². The minimum atomic E-state index is -0.516. The van der Waals surface area contributed by atoms with E-state index in [2.05, 4.69) is 19.2 Å². The Kier molecular flexibility index (Phi) is 8.58. The fourth-order valence-electron chi connectivity index (χ4n) is 2.77. The maximum Gasteiger partial charge on any atom is 0.126 e. The fourth-order valence-corrected chi connectivity index (χ4v) is 2.77. The number of benzene rings is 2. The molecule has 5 heteroatoms. The first-order chi connectivity index (χ1) is 13.1. The second-order valence-electron chi connectivity index (χ2n) is 6.77. The Hall–Kier alpha value is -2.08. The van der Waals surface area contributed by atoms with Crippen LogP contribution in [0.1, 0.15) is 37.5 Å². The number of aliphatic hydroxyl groups is 1. The van der Waals surface area contributed by atoms with Crippen LogP contribution in [0.2, 0.25) is 0 Å². The van der Waals surface area contributed by atoms with E-state index < -0.39 is 6.10 Å². The standard InChI is InChI=1S/C22H31NO4/c1-5-16(2)23-14-19(24)15-27-22(17-6-10-20(25-3)11-7-17)18-8-12-21(26-4)13-9-18/h6-13,16,19,22-24H,5,14-15H2,1-4H3/p+1/t16-,19+/m0/s1. The first-order valence-corrected chi connectivity index (χ1v) is 9.48. The van der Waals surface area contributed by atoms with Crippen LogP contribution >= 0.6 is 0 Å². The number of aliphatic hydroxyl groups excluding tert-OH is 1. The van der Waals surface area contributed by atoms with Crippen molar-refractivity contribution in [1.82, 2.24) is 0 Å². The van der Waals surface area contributed by atoms with E-state index in [0.717, 1.165) is 29.0 Å². The highest BCUT2D eigenvalue weighted by molar-refractivity contribution is 5.36. The summed E-state index contributed by atoms with van der Waals surface area (Å²) >= 11 is 0. The van der Waals surface area contributed by atoms with E-state index in [4.69, 9.17) is 14.2 Å². The Morgan fingerprint density at radius 2 is 1.37 bits per heavy atom. The maximum atomic E-state index is 10.3. The quantitative estimate of drug-likeness (QED) is 0.634. The van der Waals surface area contributed by atoms with Crippen molar-refractivity contribution in [2.24, 2.45) is 0 Å². The van der Waals surface area contributed by atoms with E-state index >= 15 is 0 Å². The highest BCUT2D eigenvalue weighted by Crippen LogP contribution is 2.29. The van der Waals surface area contributed by atoms with Crippen molar-refractivity contribution in [3.8, 4) is 11.5 Å². The van der Waals surface area contributed by atoms with Crippen molar-refractivity contribution in [3.05, 3.63) is 59.7 Å². The molecule has 3 N–H and O–H groups in total. The molecule has 2 rings (SSSR count). The van der Waals surface area contributed by atoms with Crippen molar-refractivity contribution < 1.29 is 24.6 Å². The molecule has 2 aromatic carbocycles. The molecule has 0 radical (unpaired) electrons. The molecular weight excluding hydrogens is 342 g/mol. The zero-order chi connectivity index (χ0) is 19.6. The Balaban J connectivity index is 2.11. The second kappa shape index (κ2) is 10.9. The van der Waals surface area contributed by atoms with E-state index in [-0.39, 0.29) is 12.7 Å². The highest BCUT2D eigenvalue weighted by Gasteiger charge is 2.18. The number of ether oxygens (including phenoxy) is 3. The molecule has 148 valence electrons. The minimum Gasteiger partial charge on any atom is -0.497 e. The fraction of sp³-hybridized carbons (Fsp3) is 0.455. The SMILES string of the molecule is CC[C@H](C)[NH2+]C[C@@H](O)COC(c1ccc(OC)cc1)c1ccc(OC)cc1. The van der Waals surface area contributed by atoms with Crippen LogP contribution in [-0.4, -0.2) is 44.6 Å². The zero-order valence-corrected chi connectivity index (χ0v) is 16.7. The third kappa shape index (κ3) is 6.54. The predicted octanol–water partition coefficient (Wildman–Crippen LogP) is 2.53. The first kappa shape index (κ1) is 21.2. The molecule has 0 heterocycles. The van der Waals surface area contributed by atoms with Crippen molar-refractivity contribution in [3.63, 3.8) is 0 Å². The lowest BCUT2D eigenvalue weighted by atomic mass is 10.0. The minimum absolute atomic E-state index is 0.264. The molecule has 0 bridgehead atoms. The van der Waals surface area contributed by atoms with E-state index in [0.29, 0.717) is 12.6 Å².